The minimum Gasteiger partial charge on any atom is -0.497 e. The molecule has 15 nitrogen and oxygen atoms in total. The molecule has 1 amide bonds. The topological polar surface area (TPSA) is 175 Å². The van der Waals surface area contributed by atoms with Crippen molar-refractivity contribution in [1.82, 2.24) is 24.2 Å². The van der Waals surface area contributed by atoms with E-state index in [9.17, 15) is 14.9 Å². The van der Waals surface area contributed by atoms with Crippen LogP contribution in [-0.4, -0.2) is 95.8 Å². The summed E-state index contributed by atoms with van der Waals surface area (Å²) in [6.45, 7) is 23.0. The Morgan fingerprint density at radius 1 is 0.910 bits per heavy atom. The van der Waals surface area contributed by atoms with Gasteiger partial charge >= 0.3 is 0 Å². The van der Waals surface area contributed by atoms with Gasteiger partial charge in [-0.3, -0.25) is 29.1 Å². The first-order valence-electron chi connectivity index (χ1n) is 22.9. The lowest BCUT2D eigenvalue weighted by molar-refractivity contribution is -0.118. The lowest BCUT2D eigenvalue weighted by Gasteiger charge is -2.43. The van der Waals surface area contributed by atoms with E-state index in [-0.39, 0.29) is 59.1 Å². The average Bonchev–Trinajstić information content (AvgIpc) is 3.86. The number of amides is 1. The highest BCUT2D eigenvalue weighted by Gasteiger charge is 2.54. The van der Waals surface area contributed by atoms with Crippen molar-refractivity contribution < 1.29 is 32.7 Å². The van der Waals surface area contributed by atoms with Crippen LogP contribution in [0.5, 0.6) is 11.5 Å². The molecule has 0 saturated carbocycles. The fourth-order valence-corrected chi connectivity index (χ4v) is 11.8. The van der Waals surface area contributed by atoms with Crippen LogP contribution >= 0.6 is 8.30 Å². The molecule has 1 unspecified atom stereocenters. The Kier molecular flexibility index (Phi) is 16.5. The van der Waals surface area contributed by atoms with Crippen molar-refractivity contribution in [3.63, 3.8) is 0 Å². The summed E-state index contributed by atoms with van der Waals surface area (Å²) in [6.07, 6.45) is -1.03. The van der Waals surface area contributed by atoms with Gasteiger partial charge in [0.1, 0.15) is 43.7 Å². The minimum absolute atomic E-state index is 0.00708. The van der Waals surface area contributed by atoms with Crippen LogP contribution in [0.4, 0.5) is 5.95 Å². The maximum atomic E-state index is 13.6. The van der Waals surface area contributed by atoms with Crippen LogP contribution in [0.25, 0.3) is 11.2 Å². The Morgan fingerprint density at radius 2 is 1.48 bits per heavy atom. The fourth-order valence-electron chi connectivity index (χ4n) is 8.17. The number of hydrogen-bond acceptors (Lipinski definition) is 12. The Hall–Kier alpha value is -4.98. The Bertz CT molecular complexity index is 2470. The summed E-state index contributed by atoms with van der Waals surface area (Å²) in [5.41, 5.74) is 1.10. The molecule has 1 aliphatic heterocycles. The van der Waals surface area contributed by atoms with Crippen molar-refractivity contribution in [3.8, 4) is 17.6 Å². The highest BCUT2D eigenvalue weighted by atomic mass is 31.2. The highest BCUT2D eigenvalue weighted by Crippen LogP contribution is 2.52. The number of anilines is 1. The van der Waals surface area contributed by atoms with Gasteiger partial charge in [0.25, 0.3) is 5.56 Å². The van der Waals surface area contributed by atoms with Crippen LogP contribution < -0.4 is 20.3 Å². The Balaban J connectivity index is 1.58. The summed E-state index contributed by atoms with van der Waals surface area (Å²) in [5, 5.41) is 12.5. The van der Waals surface area contributed by atoms with Gasteiger partial charge < -0.3 is 27.9 Å². The number of nitriles is 1. The monoisotopic (exact) mass is 953 g/mol. The molecule has 67 heavy (non-hydrogen) atoms. The second-order valence-corrected chi connectivity index (χ2v) is 25.8. The summed E-state index contributed by atoms with van der Waals surface area (Å²) >= 11 is 0. The molecule has 5 atom stereocenters. The van der Waals surface area contributed by atoms with Gasteiger partial charge in [0.15, 0.2) is 25.7 Å². The number of rotatable bonds is 20. The molecule has 1 aliphatic rings. The lowest BCUT2D eigenvalue weighted by Crippen LogP contribution is -2.51. The molecular weight excluding hydrogens is 886 g/mol. The molecule has 6 rings (SSSR count). The molecule has 0 bridgehead atoms. The Morgan fingerprint density at radius 3 is 1.99 bits per heavy atom. The number of carbonyl (C=O) groups excluding carboxylic acids is 1. The second kappa shape index (κ2) is 21.5. The Labute approximate surface area is 397 Å². The number of ether oxygens (including phenoxy) is 4. The minimum atomic E-state index is -2.65. The van der Waals surface area contributed by atoms with E-state index in [0.29, 0.717) is 17.7 Å². The number of aromatic nitrogens is 4. The summed E-state index contributed by atoms with van der Waals surface area (Å²) in [5.74, 6) is 0.695. The second-order valence-electron chi connectivity index (χ2n) is 19.2. The van der Waals surface area contributed by atoms with Gasteiger partial charge in [0.2, 0.25) is 11.9 Å². The molecule has 0 spiro atoms. The van der Waals surface area contributed by atoms with E-state index in [1.807, 2.05) is 78.9 Å². The van der Waals surface area contributed by atoms with E-state index in [1.165, 1.54) is 6.33 Å². The first-order chi connectivity index (χ1) is 31.8. The summed E-state index contributed by atoms with van der Waals surface area (Å²) in [6, 6.07) is 28.3. The van der Waals surface area contributed by atoms with Gasteiger partial charge in [-0.05, 0) is 86.8 Å². The molecule has 1 saturated heterocycles. The highest BCUT2D eigenvalue weighted by molar-refractivity contribution is 7.50. The maximum Gasteiger partial charge on any atom is 0.280 e. The number of methoxy groups -OCH3 is 2. The number of hydrogen-bond donors (Lipinski definition) is 2. The van der Waals surface area contributed by atoms with E-state index in [4.69, 9.17) is 32.9 Å². The summed E-state index contributed by atoms with van der Waals surface area (Å²) in [4.78, 5) is 38.5. The van der Waals surface area contributed by atoms with E-state index in [2.05, 4.69) is 87.6 Å². The summed E-state index contributed by atoms with van der Waals surface area (Å²) < 4.78 is 45.1. The van der Waals surface area contributed by atoms with E-state index >= 15 is 0 Å². The van der Waals surface area contributed by atoms with Gasteiger partial charge in [0, 0.05) is 30.6 Å². The molecule has 3 aromatic carbocycles. The van der Waals surface area contributed by atoms with E-state index < -0.39 is 52.3 Å². The molecule has 1 fully saturated rings. The standard InChI is InChI=1S/C50H68N7O8PSi/c1-32(2)45(58)54-48-53-44-41(46(59)55-48)52-31-56(44)47-43(64-66(29-17-28-51)57(33(3)4)34(5)6)42(65-67(12,13)49(7,8)9)40(63-47)30-62-50(35-18-15-14-16-19-35,36-20-24-38(60-10)25-21-36)37-22-26-39(61-11)27-23-37/h14-16,18-27,31-34,40,42-43,47H,17,29-30H2,1-13H3,(H2,53,54,55,58,59)/t40-,42-,43-,47-,66?/m1/s1. The molecule has 0 radical (unpaired) electrons. The number of benzene rings is 3. The molecule has 3 heterocycles. The molecule has 0 aliphatic carbocycles. The van der Waals surface area contributed by atoms with Gasteiger partial charge in [-0.2, -0.15) is 10.2 Å². The first-order valence-corrected chi connectivity index (χ1v) is 27.3. The van der Waals surface area contributed by atoms with Crippen LogP contribution in [0.2, 0.25) is 18.1 Å². The molecule has 2 N–H and O–H groups in total. The number of H-pyrrole nitrogens is 1. The van der Waals surface area contributed by atoms with Gasteiger partial charge in [-0.1, -0.05) is 89.2 Å². The number of fused-ring (bicyclic) bond motifs is 1. The van der Waals surface area contributed by atoms with Crippen molar-refractivity contribution in [2.24, 2.45) is 5.92 Å². The fraction of sp³-hybridized carbons (Fsp3) is 0.500. The normalized spacial score (nSPS) is 18.5. The molecule has 5 aromatic rings. The predicted octanol–water partition coefficient (Wildman–Crippen LogP) is 9.76. The summed E-state index contributed by atoms with van der Waals surface area (Å²) in [7, 11) is -0.812. The van der Waals surface area contributed by atoms with Gasteiger partial charge in [-0.15, -0.1) is 0 Å². The number of imidazole rings is 1. The van der Waals surface area contributed by atoms with Crippen LogP contribution in [0.1, 0.15) is 91.7 Å². The zero-order chi connectivity index (χ0) is 48.8. The van der Waals surface area contributed by atoms with Gasteiger partial charge in [-0.25, -0.2) is 4.98 Å². The largest absolute Gasteiger partial charge is 0.497 e. The van der Waals surface area contributed by atoms with E-state index in [0.717, 1.165) is 16.7 Å². The van der Waals surface area contributed by atoms with Crippen molar-refractivity contribution in [3.05, 3.63) is 112 Å². The third-order valence-corrected chi connectivity index (χ3v) is 19.6. The smallest absolute Gasteiger partial charge is 0.280 e. The number of aromatic amines is 1. The SMILES string of the molecule is COc1ccc(C(OC[C@H]2O[C@@H](n3cnc4c(=O)[nH]c(NC(=O)C(C)C)nc43)[C@H](OP(CCC#N)N(C(C)C)C(C)C)[C@@H]2O[Si](C)(C)C(C)(C)C)(c2ccccc2)c2ccc(OC)cc2)cc1. The number of nitrogens with zero attached hydrogens (tertiary/aromatic N) is 5. The molecule has 2 aromatic heterocycles. The average molecular weight is 954 g/mol. The van der Waals surface area contributed by atoms with Crippen LogP contribution in [0.15, 0.2) is 90.0 Å². The quantitative estimate of drug-likeness (QED) is 0.0430. The third kappa shape index (κ3) is 11.2. The van der Waals surface area contributed by atoms with Crippen molar-refractivity contribution in [2.45, 2.75) is 129 Å². The van der Waals surface area contributed by atoms with Crippen molar-refractivity contribution >= 4 is 39.6 Å². The van der Waals surface area contributed by atoms with Crippen LogP contribution in [0.3, 0.4) is 0 Å². The zero-order valence-electron chi connectivity index (χ0n) is 41.2. The molecular formula is C50H68N7O8PSi. The predicted molar refractivity (Wildman–Crippen MR) is 265 cm³/mol. The maximum absolute atomic E-state index is 13.6. The van der Waals surface area contributed by atoms with Gasteiger partial charge in [0.05, 0.1) is 33.2 Å². The number of nitrogens with one attached hydrogen (secondary N) is 2. The van der Waals surface area contributed by atoms with Crippen molar-refractivity contribution in [2.75, 3.05) is 32.3 Å². The van der Waals surface area contributed by atoms with Crippen molar-refractivity contribution in [1.29, 1.82) is 5.26 Å². The van der Waals surface area contributed by atoms with Crippen LogP contribution in [0, 0.1) is 17.2 Å². The third-order valence-electron chi connectivity index (χ3n) is 12.6. The molecule has 360 valence electrons. The van der Waals surface area contributed by atoms with E-state index in [1.54, 1.807) is 32.6 Å². The van der Waals surface area contributed by atoms with Crippen LogP contribution in [-0.2, 0) is 28.8 Å². The lowest BCUT2D eigenvalue weighted by atomic mass is 9.80. The first kappa shape index (κ1) is 51.4. The number of carbonyl (C=O) groups is 1. The molecule has 17 heteroatoms. The zero-order valence-corrected chi connectivity index (χ0v) is 43.1.